The zero-order valence-electron chi connectivity index (χ0n) is 16.2. The van der Waals surface area contributed by atoms with Crippen molar-refractivity contribution < 1.29 is 4.74 Å². The fraction of sp³-hybridized carbons (Fsp3) is 0.227. The second-order valence-corrected chi connectivity index (χ2v) is 6.88. The van der Waals surface area contributed by atoms with Crippen LogP contribution in [0.3, 0.4) is 0 Å². The van der Waals surface area contributed by atoms with E-state index in [4.69, 9.17) is 4.74 Å². The van der Waals surface area contributed by atoms with Crippen molar-refractivity contribution in [1.82, 2.24) is 25.5 Å². The average molecular weight is 389 g/mol. The third-order valence-corrected chi connectivity index (χ3v) is 5.11. The van der Waals surface area contributed by atoms with Gasteiger partial charge in [-0.3, -0.25) is 9.89 Å². The van der Waals surface area contributed by atoms with Crippen LogP contribution >= 0.6 is 0 Å². The van der Waals surface area contributed by atoms with Crippen LogP contribution in [0.2, 0.25) is 0 Å². The smallest absolute Gasteiger partial charge is 0.258 e. The number of para-hydroxylation sites is 1. The largest absolute Gasteiger partial charge is 0.496 e. The highest BCUT2D eigenvalue weighted by atomic mass is 16.5. The fourth-order valence-electron chi connectivity index (χ4n) is 3.58. The molecule has 1 atom stereocenters. The number of hydrogen-bond donors (Lipinski definition) is 3. The predicted octanol–water partition coefficient (Wildman–Crippen LogP) is 3.09. The molecule has 1 saturated heterocycles. The van der Waals surface area contributed by atoms with Crippen LogP contribution in [0.1, 0.15) is 17.9 Å². The highest BCUT2D eigenvalue weighted by molar-refractivity contribution is 5.83. The molecule has 2 aromatic carbocycles. The van der Waals surface area contributed by atoms with Gasteiger partial charge >= 0.3 is 0 Å². The van der Waals surface area contributed by atoms with E-state index in [9.17, 15) is 4.79 Å². The molecule has 7 nitrogen and oxygen atoms in total. The van der Waals surface area contributed by atoms with Crippen molar-refractivity contribution in [3.05, 3.63) is 77.1 Å². The molecule has 1 aliphatic heterocycles. The lowest BCUT2D eigenvalue weighted by Crippen LogP contribution is -2.08. The predicted molar refractivity (Wildman–Crippen MR) is 113 cm³/mol. The Morgan fingerprint density at radius 3 is 2.79 bits per heavy atom. The maximum atomic E-state index is 11.6. The summed E-state index contributed by atoms with van der Waals surface area (Å²) in [4.78, 5) is 18.2. The molecule has 1 unspecified atom stereocenters. The number of H-pyrrole nitrogens is 2. The van der Waals surface area contributed by atoms with Gasteiger partial charge in [0.15, 0.2) is 0 Å². The first kappa shape index (κ1) is 18.9. The summed E-state index contributed by atoms with van der Waals surface area (Å²) in [5.74, 6) is 1.66. The summed E-state index contributed by atoms with van der Waals surface area (Å²) < 4.78 is 5.33. The van der Waals surface area contributed by atoms with Crippen molar-refractivity contribution in [1.29, 1.82) is 0 Å². The third-order valence-electron chi connectivity index (χ3n) is 5.11. The fourth-order valence-corrected chi connectivity index (χ4v) is 3.58. The van der Waals surface area contributed by atoms with Crippen molar-refractivity contribution in [3.63, 3.8) is 0 Å². The molecule has 3 heterocycles. The van der Waals surface area contributed by atoms with Crippen LogP contribution in [0.4, 0.5) is 0 Å². The number of hydrogen-bond acceptors (Lipinski definition) is 5. The van der Waals surface area contributed by atoms with Crippen LogP contribution in [-0.2, 0) is 0 Å². The number of methoxy groups -OCH3 is 1. The molecule has 0 radical (unpaired) electrons. The third kappa shape index (κ3) is 4.20. The van der Waals surface area contributed by atoms with Crippen molar-refractivity contribution in [2.45, 2.75) is 12.3 Å². The Morgan fingerprint density at radius 1 is 1.14 bits per heavy atom. The average Bonchev–Trinajstić information content (AvgIpc) is 3.49. The van der Waals surface area contributed by atoms with Gasteiger partial charge in [0.25, 0.3) is 5.56 Å². The van der Waals surface area contributed by atoms with Crippen molar-refractivity contribution in [3.8, 4) is 16.9 Å². The van der Waals surface area contributed by atoms with Gasteiger partial charge in [0.1, 0.15) is 5.75 Å². The summed E-state index contributed by atoms with van der Waals surface area (Å²) in [6.07, 6.45) is 6.13. The number of nitrogens with one attached hydrogen (secondary N) is 3. The highest BCUT2D eigenvalue weighted by Gasteiger charge is 2.19. The second kappa shape index (κ2) is 8.70. The van der Waals surface area contributed by atoms with Crippen LogP contribution in [0.15, 0.2) is 66.0 Å². The Hall–Kier alpha value is -3.45. The summed E-state index contributed by atoms with van der Waals surface area (Å²) in [6.45, 7) is 2.21. The van der Waals surface area contributed by atoms with Crippen molar-refractivity contribution in [2.75, 3.05) is 20.2 Å². The molecule has 5 rings (SSSR count). The van der Waals surface area contributed by atoms with E-state index in [1.54, 1.807) is 19.5 Å². The lowest BCUT2D eigenvalue weighted by atomic mass is 9.97. The number of rotatable bonds is 3. The van der Waals surface area contributed by atoms with E-state index in [2.05, 4.69) is 37.6 Å². The first-order chi connectivity index (χ1) is 14.3. The Bertz CT molecular complexity index is 1130. The number of aromatic amines is 2. The highest BCUT2D eigenvalue weighted by Crippen LogP contribution is 2.30. The molecular formula is C22H23N5O2. The molecule has 0 spiro atoms. The summed E-state index contributed by atoms with van der Waals surface area (Å²) in [7, 11) is 1.74. The van der Waals surface area contributed by atoms with Gasteiger partial charge in [-0.05, 0) is 42.3 Å². The number of nitrogens with zero attached hydrogens (tertiary/aromatic N) is 2. The Kier molecular flexibility index (Phi) is 5.67. The van der Waals surface area contributed by atoms with Gasteiger partial charge in [0, 0.05) is 24.2 Å². The number of fused-ring (bicyclic) bond motifs is 1. The number of benzene rings is 2. The maximum absolute atomic E-state index is 11.6. The molecule has 4 aromatic rings. The molecule has 1 fully saturated rings. The van der Waals surface area contributed by atoms with Gasteiger partial charge in [0.05, 0.1) is 30.5 Å². The molecule has 7 heteroatoms. The zero-order valence-corrected chi connectivity index (χ0v) is 16.2. The Balaban J connectivity index is 0.000000145. The molecular weight excluding hydrogens is 366 g/mol. The summed E-state index contributed by atoms with van der Waals surface area (Å²) in [5.41, 5.74) is 3.80. The van der Waals surface area contributed by atoms with Crippen LogP contribution in [-0.4, -0.2) is 40.4 Å². The first-order valence-corrected chi connectivity index (χ1v) is 9.56. The van der Waals surface area contributed by atoms with Gasteiger partial charge in [-0.25, -0.2) is 4.98 Å². The summed E-state index contributed by atoms with van der Waals surface area (Å²) >= 11 is 0. The minimum Gasteiger partial charge on any atom is -0.496 e. The van der Waals surface area contributed by atoms with E-state index in [0.717, 1.165) is 30.0 Å². The quantitative estimate of drug-likeness (QED) is 0.500. The maximum Gasteiger partial charge on any atom is 0.258 e. The van der Waals surface area contributed by atoms with E-state index in [0.29, 0.717) is 16.8 Å². The minimum atomic E-state index is -0.129. The molecule has 29 heavy (non-hydrogen) atoms. The summed E-state index contributed by atoms with van der Waals surface area (Å²) in [6, 6.07) is 13.9. The van der Waals surface area contributed by atoms with Gasteiger partial charge in [0.2, 0.25) is 0 Å². The second-order valence-electron chi connectivity index (χ2n) is 6.88. The topological polar surface area (TPSA) is 95.7 Å². The van der Waals surface area contributed by atoms with Crippen LogP contribution < -0.4 is 15.6 Å². The molecule has 0 saturated carbocycles. The zero-order chi connectivity index (χ0) is 20.1. The van der Waals surface area contributed by atoms with E-state index in [1.165, 1.54) is 18.3 Å². The van der Waals surface area contributed by atoms with Crippen LogP contribution in [0, 0.1) is 0 Å². The van der Waals surface area contributed by atoms with Gasteiger partial charge < -0.3 is 15.0 Å². The lowest BCUT2D eigenvalue weighted by Gasteiger charge is -2.12. The van der Waals surface area contributed by atoms with Gasteiger partial charge in [-0.2, -0.15) is 5.10 Å². The van der Waals surface area contributed by atoms with Crippen LogP contribution in [0.25, 0.3) is 22.0 Å². The lowest BCUT2D eigenvalue weighted by molar-refractivity contribution is 0.406. The van der Waals surface area contributed by atoms with Gasteiger partial charge in [-0.15, -0.1) is 0 Å². The monoisotopic (exact) mass is 389 g/mol. The number of aromatic nitrogens is 4. The van der Waals surface area contributed by atoms with Crippen molar-refractivity contribution in [2.24, 2.45) is 0 Å². The molecule has 3 N–H and O–H groups in total. The molecule has 0 aliphatic carbocycles. The van der Waals surface area contributed by atoms with E-state index in [1.807, 2.05) is 30.3 Å². The minimum absolute atomic E-state index is 0.129. The first-order valence-electron chi connectivity index (χ1n) is 9.56. The normalized spacial score (nSPS) is 15.7. The Labute approximate surface area is 168 Å². The molecule has 0 amide bonds. The number of ether oxygens (including phenoxy) is 1. The molecule has 0 bridgehead atoms. The van der Waals surface area contributed by atoms with Crippen LogP contribution in [0.5, 0.6) is 5.75 Å². The summed E-state index contributed by atoms with van der Waals surface area (Å²) in [5, 5.41) is 10.6. The van der Waals surface area contributed by atoms with E-state index >= 15 is 0 Å². The van der Waals surface area contributed by atoms with Gasteiger partial charge in [-0.1, -0.05) is 24.3 Å². The van der Waals surface area contributed by atoms with Crippen molar-refractivity contribution >= 4 is 10.9 Å². The SMILES string of the molecule is COc1ccccc1C1CCNC1.O=c1[nH]cnc2ccc(-c3cn[nH]c3)cc12. The standard InChI is InChI=1S/C11H8N4O.C11H15NO/c16-11-9-3-7(8-4-14-15-5-8)1-2-10(9)12-6-13-11;1-13-11-5-3-2-4-10(11)9-6-7-12-8-9/h1-6H,(H,14,15)(H,12,13,16);2-5,9,12H,6-8H2,1H3. The van der Waals surface area contributed by atoms with E-state index < -0.39 is 0 Å². The molecule has 1 aliphatic rings. The molecule has 2 aromatic heterocycles. The Morgan fingerprint density at radius 2 is 2.03 bits per heavy atom. The van der Waals surface area contributed by atoms with E-state index in [-0.39, 0.29) is 5.56 Å². The molecule has 148 valence electrons.